The Labute approximate surface area is 62.6 Å². The summed E-state index contributed by atoms with van der Waals surface area (Å²) in [6.07, 6.45) is 2.73. The van der Waals surface area contributed by atoms with Crippen LogP contribution in [0.4, 0.5) is 0 Å². The molecule has 0 aromatic heterocycles. The third kappa shape index (κ3) is 5.76. The van der Waals surface area contributed by atoms with E-state index in [-0.39, 0.29) is 5.92 Å². The zero-order valence-electron chi connectivity index (χ0n) is 6.67. The molecule has 0 spiro atoms. The first-order valence-electron chi connectivity index (χ1n) is 3.69. The summed E-state index contributed by atoms with van der Waals surface area (Å²) in [4.78, 5) is 10.1. The molecule has 0 bridgehead atoms. The number of rotatable bonds is 6. The van der Waals surface area contributed by atoms with E-state index >= 15 is 0 Å². The lowest BCUT2D eigenvalue weighted by molar-refractivity contribution is -0.110. The Morgan fingerprint density at radius 2 is 2.30 bits per heavy atom. The van der Waals surface area contributed by atoms with Crippen LogP contribution in [0.25, 0.3) is 0 Å². The normalized spacial score (nSPS) is 13.0. The van der Waals surface area contributed by atoms with Gasteiger partial charge in [0.1, 0.15) is 6.29 Å². The van der Waals surface area contributed by atoms with E-state index in [4.69, 9.17) is 4.74 Å². The summed E-state index contributed by atoms with van der Waals surface area (Å²) >= 11 is 0. The van der Waals surface area contributed by atoms with Crippen molar-refractivity contribution in [2.24, 2.45) is 5.92 Å². The van der Waals surface area contributed by atoms with E-state index < -0.39 is 0 Å². The quantitative estimate of drug-likeness (QED) is 0.418. The summed E-state index contributed by atoms with van der Waals surface area (Å²) < 4.78 is 4.99. The average molecular weight is 143 g/mol. The molecule has 10 heavy (non-hydrogen) atoms. The largest absolute Gasteiger partial charge is 0.376 e. The van der Waals surface area contributed by atoms with Crippen LogP contribution in [0.15, 0.2) is 0 Å². The van der Waals surface area contributed by atoms with Crippen molar-refractivity contribution >= 4 is 6.29 Å². The van der Waals surface area contributed by atoms with Crippen molar-refractivity contribution in [1.82, 2.24) is 0 Å². The number of aldehydes is 1. The smallest absolute Gasteiger partial charge is 0.122 e. The van der Waals surface area contributed by atoms with Gasteiger partial charge < -0.3 is 9.53 Å². The molecular formula is C8H15O2. The Hall–Kier alpha value is -0.370. The minimum atomic E-state index is 0.164. The van der Waals surface area contributed by atoms with Gasteiger partial charge in [-0.15, -0.1) is 0 Å². The van der Waals surface area contributed by atoms with E-state index in [0.717, 1.165) is 25.7 Å². The van der Waals surface area contributed by atoms with Crippen molar-refractivity contribution in [3.63, 3.8) is 0 Å². The molecule has 0 aromatic rings. The fraction of sp³-hybridized carbons (Fsp3) is 0.750. The predicted molar refractivity (Wildman–Crippen MR) is 40.4 cm³/mol. The van der Waals surface area contributed by atoms with Gasteiger partial charge in [-0.05, 0) is 19.8 Å². The molecule has 1 atom stereocenters. The molecule has 2 nitrogen and oxygen atoms in total. The van der Waals surface area contributed by atoms with Crippen LogP contribution in [-0.2, 0) is 9.53 Å². The Morgan fingerprint density at radius 3 is 2.80 bits per heavy atom. The van der Waals surface area contributed by atoms with Crippen molar-refractivity contribution < 1.29 is 9.53 Å². The molecule has 0 heterocycles. The summed E-state index contributed by atoms with van der Waals surface area (Å²) in [5.41, 5.74) is 0. The molecule has 0 rings (SSSR count). The maximum atomic E-state index is 10.1. The molecule has 1 radical (unpaired) electrons. The molecule has 0 saturated heterocycles. The lowest BCUT2D eigenvalue weighted by Gasteiger charge is -2.01. The molecule has 0 fully saturated rings. The van der Waals surface area contributed by atoms with Gasteiger partial charge >= 0.3 is 0 Å². The van der Waals surface area contributed by atoms with Crippen molar-refractivity contribution in [3.8, 4) is 0 Å². The van der Waals surface area contributed by atoms with Crippen LogP contribution >= 0.6 is 0 Å². The first kappa shape index (κ1) is 9.63. The van der Waals surface area contributed by atoms with E-state index in [9.17, 15) is 4.79 Å². The minimum Gasteiger partial charge on any atom is -0.376 e. The Kier molecular flexibility index (Phi) is 6.50. The highest BCUT2D eigenvalue weighted by Crippen LogP contribution is 2.03. The summed E-state index contributed by atoms with van der Waals surface area (Å²) in [5.74, 6) is 0.164. The molecule has 0 saturated carbocycles. The first-order valence-corrected chi connectivity index (χ1v) is 3.69. The number of hydrogen-bond acceptors (Lipinski definition) is 2. The third-order valence-corrected chi connectivity index (χ3v) is 1.26. The molecule has 0 aliphatic heterocycles. The Morgan fingerprint density at radius 1 is 1.60 bits per heavy atom. The molecule has 0 N–H and O–H groups in total. The third-order valence-electron chi connectivity index (χ3n) is 1.26. The second-order valence-corrected chi connectivity index (χ2v) is 2.31. The second kappa shape index (κ2) is 6.75. The van der Waals surface area contributed by atoms with Crippen LogP contribution in [-0.4, -0.2) is 12.9 Å². The van der Waals surface area contributed by atoms with E-state index in [2.05, 4.69) is 0 Å². The Balaban J connectivity index is 2.95. The highest BCUT2D eigenvalue weighted by Gasteiger charge is 1.97. The van der Waals surface area contributed by atoms with Gasteiger partial charge in [-0.1, -0.05) is 6.92 Å². The summed E-state index contributed by atoms with van der Waals surface area (Å²) in [5, 5.41) is 0. The number of carbonyl (C=O) groups excluding carboxylic acids is 1. The standard InChI is InChI=1S/C8H15O2/c1-3-10-6-4-5-8(2)7-9/h6-8H,3-5H2,1-2H3. The zero-order chi connectivity index (χ0) is 7.82. The van der Waals surface area contributed by atoms with Crippen LogP contribution in [0.5, 0.6) is 0 Å². The van der Waals surface area contributed by atoms with E-state index in [1.165, 1.54) is 0 Å². The predicted octanol–water partition coefficient (Wildman–Crippen LogP) is 1.80. The van der Waals surface area contributed by atoms with Gasteiger partial charge in [-0.2, -0.15) is 0 Å². The number of hydrogen-bond donors (Lipinski definition) is 0. The molecule has 0 aliphatic rings. The fourth-order valence-electron chi connectivity index (χ4n) is 0.600. The van der Waals surface area contributed by atoms with Gasteiger partial charge in [0.05, 0.1) is 6.61 Å². The lowest BCUT2D eigenvalue weighted by atomic mass is 10.1. The molecule has 0 aliphatic carbocycles. The van der Waals surface area contributed by atoms with Crippen molar-refractivity contribution in [1.29, 1.82) is 0 Å². The Bertz CT molecular complexity index is 81.3. The second-order valence-electron chi connectivity index (χ2n) is 2.31. The van der Waals surface area contributed by atoms with Gasteiger partial charge in [-0.25, -0.2) is 0 Å². The van der Waals surface area contributed by atoms with Crippen LogP contribution < -0.4 is 0 Å². The van der Waals surface area contributed by atoms with Gasteiger partial charge in [-0.3, -0.25) is 0 Å². The summed E-state index contributed by atoms with van der Waals surface area (Å²) in [7, 11) is 0. The highest BCUT2D eigenvalue weighted by molar-refractivity contribution is 5.52. The van der Waals surface area contributed by atoms with Crippen LogP contribution in [0, 0.1) is 12.5 Å². The van der Waals surface area contributed by atoms with Gasteiger partial charge in [0, 0.05) is 12.5 Å². The van der Waals surface area contributed by atoms with Crippen LogP contribution in [0.1, 0.15) is 26.7 Å². The number of carbonyl (C=O) groups is 1. The van der Waals surface area contributed by atoms with Crippen molar-refractivity contribution in [2.45, 2.75) is 26.7 Å². The summed E-state index contributed by atoms with van der Waals surface area (Å²) in [6.45, 7) is 6.34. The minimum absolute atomic E-state index is 0.164. The SMILES string of the molecule is CCO[CH]CCC(C)C=O. The fourth-order valence-corrected chi connectivity index (χ4v) is 0.600. The van der Waals surface area contributed by atoms with Crippen LogP contribution in [0.3, 0.4) is 0 Å². The molecule has 59 valence electrons. The molecule has 2 heteroatoms. The molecule has 1 unspecified atom stereocenters. The topological polar surface area (TPSA) is 26.3 Å². The zero-order valence-corrected chi connectivity index (χ0v) is 6.67. The van der Waals surface area contributed by atoms with Crippen molar-refractivity contribution in [3.05, 3.63) is 6.61 Å². The van der Waals surface area contributed by atoms with E-state index in [0.29, 0.717) is 0 Å². The van der Waals surface area contributed by atoms with Crippen LogP contribution in [0.2, 0.25) is 0 Å². The monoisotopic (exact) mass is 143 g/mol. The number of ether oxygens (including phenoxy) is 1. The van der Waals surface area contributed by atoms with Gasteiger partial charge in [0.25, 0.3) is 0 Å². The maximum Gasteiger partial charge on any atom is 0.122 e. The highest BCUT2D eigenvalue weighted by atomic mass is 16.5. The first-order chi connectivity index (χ1) is 4.81. The molecule has 0 amide bonds. The van der Waals surface area contributed by atoms with Gasteiger partial charge in [0.2, 0.25) is 0 Å². The molecular weight excluding hydrogens is 128 g/mol. The van der Waals surface area contributed by atoms with Crippen molar-refractivity contribution in [2.75, 3.05) is 6.61 Å². The van der Waals surface area contributed by atoms with Gasteiger partial charge in [0.15, 0.2) is 0 Å². The van der Waals surface area contributed by atoms with E-state index in [1.54, 1.807) is 6.61 Å². The molecule has 0 aromatic carbocycles. The summed E-state index contributed by atoms with van der Waals surface area (Å²) in [6, 6.07) is 0. The lowest BCUT2D eigenvalue weighted by Crippen LogP contribution is -1.96. The van der Waals surface area contributed by atoms with E-state index in [1.807, 2.05) is 13.8 Å². The maximum absolute atomic E-state index is 10.1. The average Bonchev–Trinajstić information content (AvgIpc) is 1.98.